The second-order valence-corrected chi connectivity index (χ2v) is 5.70. The van der Waals surface area contributed by atoms with Gasteiger partial charge in [-0.15, -0.1) is 0 Å². The topological polar surface area (TPSA) is 37.8 Å². The van der Waals surface area contributed by atoms with E-state index in [-0.39, 0.29) is 0 Å². The average molecular weight is 391 g/mol. The molecular weight excluding hydrogens is 381 g/mol. The van der Waals surface area contributed by atoms with Gasteiger partial charge in [-0.3, -0.25) is 0 Å². The summed E-state index contributed by atoms with van der Waals surface area (Å²) in [5, 5.41) is 3.91. The summed E-state index contributed by atoms with van der Waals surface area (Å²) in [5.41, 5.74) is 0.909. The minimum Gasteiger partial charge on any atom is -0.339 e. The van der Waals surface area contributed by atoms with E-state index < -0.39 is 0 Å². The molecule has 0 radical (unpaired) electrons. The molecule has 0 amide bonds. The van der Waals surface area contributed by atoms with E-state index in [0.29, 0.717) is 5.02 Å². The SMILES string of the molecule is CCc1nc(Br)cc(Nc2ccc(Cl)cc2Br)n1. The van der Waals surface area contributed by atoms with Gasteiger partial charge in [0.25, 0.3) is 0 Å². The Hall–Kier alpha value is -0.650. The molecular formula is C12H10Br2ClN3. The Morgan fingerprint density at radius 3 is 2.67 bits per heavy atom. The molecule has 1 heterocycles. The van der Waals surface area contributed by atoms with Gasteiger partial charge in [0.1, 0.15) is 16.2 Å². The number of anilines is 2. The Balaban J connectivity index is 2.30. The second kappa shape index (κ2) is 5.99. The molecule has 0 unspecified atom stereocenters. The highest BCUT2D eigenvalue weighted by atomic mass is 79.9. The van der Waals surface area contributed by atoms with E-state index in [2.05, 4.69) is 47.1 Å². The number of aromatic nitrogens is 2. The van der Waals surface area contributed by atoms with Gasteiger partial charge in [0, 0.05) is 22.0 Å². The first-order valence-corrected chi connectivity index (χ1v) is 7.30. The molecule has 18 heavy (non-hydrogen) atoms. The predicted octanol–water partition coefficient (Wildman–Crippen LogP) is 4.96. The molecule has 0 saturated heterocycles. The second-order valence-electron chi connectivity index (χ2n) is 3.59. The van der Waals surface area contributed by atoms with Crippen LogP contribution in [0.3, 0.4) is 0 Å². The minimum absolute atomic E-state index is 0.686. The standard InChI is InChI=1S/C12H10Br2ClN3/c1-2-11-17-10(14)6-12(18-11)16-9-4-3-7(15)5-8(9)13/h3-6H,2H2,1H3,(H,16,17,18). The molecule has 0 aliphatic heterocycles. The minimum atomic E-state index is 0.686. The first-order valence-electron chi connectivity index (χ1n) is 5.34. The fourth-order valence-corrected chi connectivity index (χ4v) is 2.62. The molecule has 0 atom stereocenters. The lowest BCUT2D eigenvalue weighted by Crippen LogP contribution is -2.00. The van der Waals surface area contributed by atoms with Gasteiger partial charge < -0.3 is 5.32 Å². The zero-order valence-electron chi connectivity index (χ0n) is 9.54. The van der Waals surface area contributed by atoms with Crippen LogP contribution in [0.1, 0.15) is 12.7 Å². The smallest absolute Gasteiger partial charge is 0.135 e. The molecule has 1 aromatic carbocycles. The van der Waals surface area contributed by atoms with Gasteiger partial charge in [0.2, 0.25) is 0 Å². The molecule has 94 valence electrons. The van der Waals surface area contributed by atoms with Gasteiger partial charge in [-0.2, -0.15) is 0 Å². The Labute approximate surface area is 127 Å². The van der Waals surface area contributed by atoms with Gasteiger partial charge in [-0.25, -0.2) is 9.97 Å². The molecule has 0 spiro atoms. The van der Waals surface area contributed by atoms with Crippen molar-refractivity contribution < 1.29 is 0 Å². The maximum atomic E-state index is 5.90. The molecule has 6 heteroatoms. The molecule has 2 rings (SSSR count). The van der Waals surface area contributed by atoms with Gasteiger partial charge in [0.15, 0.2) is 0 Å². The highest BCUT2D eigenvalue weighted by Gasteiger charge is 2.05. The van der Waals surface area contributed by atoms with E-state index in [4.69, 9.17) is 11.6 Å². The van der Waals surface area contributed by atoms with E-state index in [9.17, 15) is 0 Å². The number of benzene rings is 1. The maximum Gasteiger partial charge on any atom is 0.135 e. The van der Waals surface area contributed by atoms with Crippen LogP contribution in [-0.2, 0) is 6.42 Å². The van der Waals surface area contributed by atoms with E-state index in [1.807, 2.05) is 31.2 Å². The van der Waals surface area contributed by atoms with Crippen LogP contribution in [0.25, 0.3) is 0 Å². The normalized spacial score (nSPS) is 10.4. The number of halogens is 3. The van der Waals surface area contributed by atoms with Crippen LogP contribution in [-0.4, -0.2) is 9.97 Å². The number of hydrogen-bond acceptors (Lipinski definition) is 3. The highest BCUT2D eigenvalue weighted by molar-refractivity contribution is 9.10. The van der Waals surface area contributed by atoms with Crippen molar-refractivity contribution in [3.05, 3.63) is 44.2 Å². The van der Waals surface area contributed by atoms with Crippen LogP contribution in [0.5, 0.6) is 0 Å². The first-order chi connectivity index (χ1) is 8.58. The number of aryl methyl sites for hydroxylation is 1. The molecule has 0 fully saturated rings. The molecule has 0 aliphatic rings. The molecule has 3 nitrogen and oxygen atoms in total. The summed E-state index contributed by atoms with van der Waals surface area (Å²) < 4.78 is 1.66. The van der Waals surface area contributed by atoms with Crippen LogP contribution >= 0.6 is 43.5 Å². The summed E-state index contributed by atoms with van der Waals surface area (Å²) in [6.45, 7) is 2.02. The fourth-order valence-electron chi connectivity index (χ4n) is 1.42. The first kappa shape index (κ1) is 13.8. The van der Waals surface area contributed by atoms with Gasteiger partial charge >= 0.3 is 0 Å². The quantitative estimate of drug-likeness (QED) is 0.752. The van der Waals surface area contributed by atoms with Gasteiger partial charge in [-0.1, -0.05) is 18.5 Å². The van der Waals surface area contributed by atoms with Crippen molar-refractivity contribution in [3.63, 3.8) is 0 Å². The summed E-state index contributed by atoms with van der Waals surface area (Å²) in [6.07, 6.45) is 0.788. The fraction of sp³-hybridized carbons (Fsp3) is 0.167. The Morgan fingerprint density at radius 1 is 1.22 bits per heavy atom. The number of rotatable bonds is 3. The highest BCUT2D eigenvalue weighted by Crippen LogP contribution is 2.28. The van der Waals surface area contributed by atoms with Crippen LogP contribution in [0.15, 0.2) is 33.3 Å². The summed E-state index contributed by atoms with van der Waals surface area (Å²) in [7, 11) is 0. The van der Waals surface area contributed by atoms with E-state index >= 15 is 0 Å². The lowest BCUT2D eigenvalue weighted by Gasteiger charge is -2.09. The lowest BCUT2D eigenvalue weighted by atomic mass is 10.3. The maximum absolute atomic E-state index is 5.90. The largest absolute Gasteiger partial charge is 0.339 e. The van der Waals surface area contributed by atoms with E-state index in [1.54, 1.807) is 0 Å². The molecule has 1 aromatic heterocycles. The van der Waals surface area contributed by atoms with Crippen molar-refractivity contribution in [2.24, 2.45) is 0 Å². The number of nitrogens with zero attached hydrogens (tertiary/aromatic N) is 2. The summed E-state index contributed by atoms with van der Waals surface area (Å²) in [6, 6.07) is 7.39. The third-order valence-electron chi connectivity index (χ3n) is 2.25. The van der Waals surface area contributed by atoms with Crippen LogP contribution in [0, 0.1) is 0 Å². The molecule has 1 N–H and O–H groups in total. The number of hydrogen-bond donors (Lipinski definition) is 1. The summed E-state index contributed by atoms with van der Waals surface area (Å²) in [4.78, 5) is 8.67. The monoisotopic (exact) mass is 389 g/mol. The zero-order chi connectivity index (χ0) is 13.1. The average Bonchev–Trinajstić information content (AvgIpc) is 2.32. The van der Waals surface area contributed by atoms with Crippen molar-refractivity contribution in [2.45, 2.75) is 13.3 Å². The van der Waals surface area contributed by atoms with Gasteiger partial charge in [0.05, 0.1) is 5.69 Å². The molecule has 0 saturated carbocycles. The molecule has 0 aliphatic carbocycles. The van der Waals surface area contributed by atoms with Crippen LogP contribution < -0.4 is 5.32 Å². The number of nitrogens with one attached hydrogen (secondary N) is 1. The van der Waals surface area contributed by atoms with Crippen molar-refractivity contribution in [3.8, 4) is 0 Å². The van der Waals surface area contributed by atoms with Crippen molar-refractivity contribution in [1.82, 2.24) is 9.97 Å². The van der Waals surface area contributed by atoms with Crippen LogP contribution in [0.2, 0.25) is 5.02 Å². The van der Waals surface area contributed by atoms with Crippen molar-refractivity contribution in [1.29, 1.82) is 0 Å². The van der Waals surface area contributed by atoms with Crippen molar-refractivity contribution in [2.75, 3.05) is 5.32 Å². The van der Waals surface area contributed by atoms with E-state index in [0.717, 1.165) is 32.8 Å². The van der Waals surface area contributed by atoms with Crippen LogP contribution in [0.4, 0.5) is 11.5 Å². The summed E-state index contributed by atoms with van der Waals surface area (Å²) >= 11 is 12.7. The lowest BCUT2D eigenvalue weighted by molar-refractivity contribution is 0.931. The Bertz CT molecular complexity index is 575. The Kier molecular flexibility index (Phi) is 4.59. The summed E-state index contributed by atoms with van der Waals surface area (Å²) in [5.74, 6) is 1.54. The van der Waals surface area contributed by atoms with Crippen molar-refractivity contribution >= 4 is 55.0 Å². The van der Waals surface area contributed by atoms with E-state index in [1.165, 1.54) is 0 Å². The zero-order valence-corrected chi connectivity index (χ0v) is 13.5. The molecule has 0 bridgehead atoms. The third kappa shape index (κ3) is 3.43. The molecule has 2 aromatic rings. The third-order valence-corrected chi connectivity index (χ3v) is 3.55. The Morgan fingerprint density at radius 2 is 2.00 bits per heavy atom. The van der Waals surface area contributed by atoms with Gasteiger partial charge in [-0.05, 0) is 50.1 Å². The predicted molar refractivity (Wildman–Crippen MR) is 81.5 cm³/mol.